The summed E-state index contributed by atoms with van der Waals surface area (Å²) in [7, 11) is 0. The number of halogens is 1. The number of nitrogens with one attached hydrogen (secondary N) is 1. The standard InChI is InChI=1S/C10H9FN2O7/c11-3-1-13(10(19)12-8(3)18)9-6(17)5(16)7(20-9)4(15)2-14/h1,5-7,9,15-17H,(H,12,18,19)/t5-,6+,7+,9+/m0/s1. The highest BCUT2D eigenvalue weighted by Gasteiger charge is 2.46. The Hall–Kier alpha value is -2.26. The van der Waals surface area contributed by atoms with E-state index in [2.05, 4.69) is 0 Å². The monoisotopic (exact) mass is 288 g/mol. The van der Waals surface area contributed by atoms with Crippen molar-refractivity contribution < 1.29 is 29.2 Å². The van der Waals surface area contributed by atoms with Crippen molar-refractivity contribution in [2.75, 3.05) is 0 Å². The fraction of sp³-hybridized carbons (Fsp3) is 0.400. The Morgan fingerprint density at radius 3 is 2.65 bits per heavy atom. The van der Waals surface area contributed by atoms with Crippen LogP contribution in [0.3, 0.4) is 0 Å². The third-order valence-corrected chi connectivity index (χ3v) is 2.81. The van der Waals surface area contributed by atoms with E-state index in [4.69, 9.17) is 9.84 Å². The normalized spacial score (nSPS) is 29.1. The quantitative estimate of drug-likeness (QED) is 0.350. The molecule has 1 aliphatic rings. The second kappa shape index (κ2) is 5.02. The Labute approximate surface area is 109 Å². The number of H-pyrrole nitrogens is 1. The first-order chi connectivity index (χ1) is 9.36. The van der Waals surface area contributed by atoms with Gasteiger partial charge in [0.1, 0.15) is 12.2 Å². The van der Waals surface area contributed by atoms with Crippen molar-refractivity contribution in [2.24, 2.45) is 0 Å². The molecule has 0 saturated carbocycles. The Kier molecular flexibility index (Phi) is 3.55. The van der Waals surface area contributed by atoms with Gasteiger partial charge < -0.3 is 20.1 Å². The van der Waals surface area contributed by atoms with Crippen LogP contribution in [0.1, 0.15) is 6.23 Å². The smallest absolute Gasteiger partial charge is 0.330 e. The van der Waals surface area contributed by atoms with Crippen LogP contribution in [0.2, 0.25) is 0 Å². The molecular formula is C10H9FN2O7. The molecule has 4 atom stereocenters. The lowest BCUT2D eigenvalue weighted by molar-refractivity contribution is -0.0389. The molecule has 1 fully saturated rings. The van der Waals surface area contributed by atoms with Crippen LogP contribution in [0, 0.1) is 5.82 Å². The van der Waals surface area contributed by atoms with Crippen LogP contribution in [0.4, 0.5) is 4.39 Å². The van der Waals surface area contributed by atoms with Crippen molar-refractivity contribution >= 4 is 5.94 Å². The maximum absolute atomic E-state index is 13.1. The largest absolute Gasteiger partial charge is 0.500 e. The van der Waals surface area contributed by atoms with Gasteiger partial charge in [0.15, 0.2) is 18.3 Å². The van der Waals surface area contributed by atoms with E-state index in [0.717, 1.165) is 5.94 Å². The number of aliphatic hydroxyl groups is 3. The molecule has 20 heavy (non-hydrogen) atoms. The molecule has 4 N–H and O–H groups in total. The average Bonchev–Trinajstić information content (AvgIpc) is 2.70. The number of carbonyl (C=O) groups excluding carboxylic acids is 1. The van der Waals surface area contributed by atoms with Gasteiger partial charge in [-0.05, 0) is 0 Å². The predicted molar refractivity (Wildman–Crippen MR) is 59.0 cm³/mol. The first-order valence-corrected chi connectivity index (χ1v) is 5.33. The SMILES string of the molecule is O=C=C(O)[C@H]1O[C@@H](n2cc(F)c(=O)[nH]c2=O)[C@H](O)[C@@H]1O. The summed E-state index contributed by atoms with van der Waals surface area (Å²) in [4.78, 5) is 34.3. The number of hydrogen-bond acceptors (Lipinski definition) is 7. The molecule has 0 amide bonds. The summed E-state index contributed by atoms with van der Waals surface area (Å²) in [6.45, 7) is 0. The molecule has 0 bridgehead atoms. The van der Waals surface area contributed by atoms with Crippen LogP contribution < -0.4 is 11.2 Å². The van der Waals surface area contributed by atoms with Gasteiger partial charge in [0, 0.05) is 0 Å². The fourth-order valence-corrected chi connectivity index (χ4v) is 1.82. The van der Waals surface area contributed by atoms with Crippen LogP contribution in [0.25, 0.3) is 0 Å². The highest BCUT2D eigenvalue weighted by Crippen LogP contribution is 2.30. The van der Waals surface area contributed by atoms with Gasteiger partial charge in [-0.2, -0.15) is 4.39 Å². The van der Waals surface area contributed by atoms with E-state index in [-0.39, 0.29) is 0 Å². The zero-order valence-electron chi connectivity index (χ0n) is 9.69. The maximum Gasteiger partial charge on any atom is 0.330 e. The van der Waals surface area contributed by atoms with Crippen molar-refractivity contribution in [1.82, 2.24) is 9.55 Å². The molecule has 1 aromatic rings. The van der Waals surface area contributed by atoms with E-state index < -0.39 is 47.4 Å². The summed E-state index contributed by atoms with van der Waals surface area (Å²) >= 11 is 0. The third kappa shape index (κ3) is 2.17. The molecule has 1 aromatic heterocycles. The third-order valence-electron chi connectivity index (χ3n) is 2.81. The molecule has 1 aliphatic heterocycles. The summed E-state index contributed by atoms with van der Waals surface area (Å²) in [6.07, 6.45) is -6.20. The summed E-state index contributed by atoms with van der Waals surface area (Å²) in [5.74, 6) is -1.26. The van der Waals surface area contributed by atoms with E-state index in [1.165, 1.54) is 0 Å². The lowest BCUT2D eigenvalue weighted by Crippen LogP contribution is -2.38. The average molecular weight is 288 g/mol. The van der Waals surface area contributed by atoms with E-state index in [1.807, 2.05) is 0 Å². The van der Waals surface area contributed by atoms with Crippen LogP contribution in [-0.4, -0.2) is 49.1 Å². The minimum absolute atomic E-state index is 0.478. The van der Waals surface area contributed by atoms with E-state index in [1.54, 1.807) is 4.98 Å². The zero-order valence-corrected chi connectivity index (χ0v) is 9.69. The van der Waals surface area contributed by atoms with Gasteiger partial charge in [-0.15, -0.1) is 0 Å². The summed E-state index contributed by atoms with van der Waals surface area (Å²) < 4.78 is 18.6. The van der Waals surface area contributed by atoms with E-state index in [0.29, 0.717) is 10.8 Å². The molecule has 9 nitrogen and oxygen atoms in total. The minimum atomic E-state index is -1.74. The number of aliphatic hydroxyl groups excluding tert-OH is 3. The topological polar surface area (TPSA) is 142 Å². The highest BCUT2D eigenvalue weighted by atomic mass is 19.1. The van der Waals surface area contributed by atoms with Gasteiger partial charge >= 0.3 is 5.69 Å². The Bertz CT molecular complexity index is 690. The molecule has 0 aliphatic carbocycles. The lowest BCUT2D eigenvalue weighted by atomic mass is 10.1. The van der Waals surface area contributed by atoms with Gasteiger partial charge in [0.05, 0.1) is 6.20 Å². The second-order valence-corrected chi connectivity index (χ2v) is 4.06. The molecule has 0 aromatic carbocycles. The highest BCUT2D eigenvalue weighted by molar-refractivity contribution is 5.51. The van der Waals surface area contributed by atoms with Gasteiger partial charge in [-0.3, -0.25) is 14.3 Å². The Balaban J connectivity index is 2.45. The molecule has 2 rings (SSSR count). The number of ether oxygens (including phenoxy) is 1. The van der Waals surface area contributed by atoms with E-state index >= 15 is 0 Å². The fourth-order valence-electron chi connectivity index (χ4n) is 1.82. The van der Waals surface area contributed by atoms with Gasteiger partial charge in [-0.25, -0.2) is 9.59 Å². The molecule has 2 heterocycles. The van der Waals surface area contributed by atoms with E-state index in [9.17, 15) is 29.0 Å². The van der Waals surface area contributed by atoms with Crippen LogP contribution in [-0.2, 0) is 9.53 Å². The van der Waals surface area contributed by atoms with Crippen LogP contribution >= 0.6 is 0 Å². The number of hydrogen-bond donors (Lipinski definition) is 4. The van der Waals surface area contributed by atoms with Crippen molar-refractivity contribution in [1.29, 1.82) is 0 Å². The summed E-state index contributed by atoms with van der Waals surface area (Å²) in [6, 6.07) is 0. The van der Waals surface area contributed by atoms with Gasteiger partial charge in [0.25, 0.3) is 5.56 Å². The first kappa shape index (κ1) is 14.2. The Morgan fingerprint density at radius 1 is 1.40 bits per heavy atom. The predicted octanol–water partition coefficient (Wildman–Crippen LogP) is -2.43. The van der Waals surface area contributed by atoms with Crippen LogP contribution in [0.5, 0.6) is 0 Å². The molecule has 10 heteroatoms. The van der Waals surface area contributed by atoms with Gasteiger partial charge in [-0.1, -0.05) is 0 Å². The van der Waals surface area contributed by atoms with Gasteiger partial charge in [0.2, 0.25) is 11.6 Å². The van der Waals surface area contributed by atoms with Crippen molar-refractivity contribution in [2.45, 2.75) is 24.5 Å². The number of aromatic amines is 1. The lowest BCUT2D eigenvalue weighted by Gasteiger charge is -2.16. The van der Waals surface area contributed by atoms with Crippen LogP contribution in [0.15, 0.2) is 21.5 Å². The molecule has 1 saturated heterocycles. The number of rotatable bonds is 2. The molecule has 108 valence electrons. The molecule has 0 radical (unpaired) electrons. The Morgan fingerprint density at radius 2 is 2.05 bits per heavy atom. The van der Waals surface area contributed by atoms with Crippen molar-refractivity contribution in [3.8, 4) is 0 Å². The van der Waals surface area contributed by atoms with Crippen molar-refractivity contribution in [3.05, 3.63) is 38.6 Å². The molecule has 0 unspecified atom stereocenters. The molecular weight excluding hydrogens is 279 g/mol. The summed E-state index contributed by atoms with van der Waals surface area (Å²) in [5, 5.41) is 28.5. The molecule has 0 spiro atoms. The zero-order chi connectivity index (χ0) is 15.0. The minimum Gasteiger partial charge on any atom is -0.500 e. The maximum atomic E-state index is 13.1. The number of nitrogens with zero attached hydrogens (tertiary/aromatic N) is 1. The first-order valence-electron chi connectivity index (χ1n) is 5.33. The second-order valence-electron chi connectivity index (χ2n) is 4.06. The summed E-state index contributed by atoms with van der Waals surface area (Å²) in [5.41, 5.74) is -2.35. The number of aromatic nitrogens is 2. The van der Waals surface area contributed by atoms with Crippen molar-refractivity contribution in [3.63, 3.8) is 0 Å².